The molecule has 0 saturated carbocycles. The van der Waals surface area contributed by atoms with Crippen LogP contribution in [0.4, 0.5) is 0 Å². The molecule has 2 aliphatic rings. The maximum absolute atomic E-state index is 2.49. The van der Waals surface area contributed by atoms with Crippen LogP contribution in [-0.4, -0.2) is 4.90 Å². The molecule has 0 aliphatic carbocycles. The first-order valence-corrected chi connectivity index (χ1v) is 7.99. The Morgan fingerprint density at radius 2 is 1.59 bits per heavy atom. The van der Waals surface area contributed by atoms with E-state index in [0.29, 0.717) is 12.1 Å². The number of allylic oxidation sites excluding steroid dienone is 2. The van der Waals surface area contributed by atoms with Crippen LogP contribution in [0.2, 0.25) is 0 Å². The Hall–Kier alpha value is -2.28. The third kappa shape index (κ3) is 1.93. The summed E-state index contributed by atoms with van der Waals surface area (Å²) in [6, 6.07) is 18.4. The van der Waals surface area contributed by atoms with Crippen LogP contribution in [0, 0.1) is 0 Å². The molecule has 4 rings (SSSR count). The van der Waals surface area contributed by atoms with Gasteiger partial charge >= 0.3 is 0 Å². The third-order valence-electron chi connectivity index (χ3n) is 5.10. The molecule has 110 valence electrons. The highest BCUT2D eigenvalue weighted by molar-refractivity contribution is 5.66. The molecule has 2 aliphatic heterocycles. The van der Waals surface area contributed by atoms with Crippen molar-refractivity contribution in [3.05, 3.63) is 83.1 Å². The van der Waals surface area contributed by atoms with Crippen LogP contribution in [0.3, 0.4) is 0 Å². The van der Waals surface area contributed by atoms with Gasteiger partial charge in [0.25, 0.3) is 0 Å². The van der Waals surface area contributed by atoms with Gasteiger partial charge in [0.1, 0.15) is 0 Å². The summed E-state index contributed by atoms with van der Waals surface area (Å²) < 4.78 is 0. The van der Waals surface area contributed by atoms with Crippen molar-refractivity contribution in [3.63, 3.8) is 0 Å². The number of fused-ring (bicyclic) bond motifs is 3. The summed E-state index contributed by atoms with van der Waals surface area (Å²) in [6.07, 6.45) is 4.74. The number of nitrogens with zero attached hydrogens (tertiary/aromatic N) is 1. The second-order valence-corrected chi connectivity index (χ2v) is 6.44. The molecule has 0 fully saturated rings. The highest BCUT2D eigenvalue weighted by atomic mass is 15.2. The Morgan fingerprint density at radius 1 is 0.818 bits per heavy atom. The van der Waals surface area contributed by atoms with Crippen molar-refractivity contribution in [3.8, 4) is 11.1 Å². The van der Waals surface area contributed by atoms with Crippen molar-refractivity contribution in [2.75, 3.05) is 0 Å². The molecule has 1 unspecified atom stereocenters. The van der Waals surface area contributed by atoms with Crippen LogP contribution in [0.25, 0.3) is 11.1 Å². The van der Waals surface area contributed by atoms with E-state index in [1.165, 1.54) is 33.4 Å². The fourth-order valence-electron chi connectivity index (χ4n) is 3.65. The van der Waals surface area contributed by atoms with E-state index in [-0.39, 0.29) is 0 Å². The number of rotatable bonds is 1. The Bertz CT molecular complexity index is 783. The van der Waals surface area contributed by atoms with Crippen LogP contribution in [-0.2, 0) is 0 Å². The van der Waals surface area contributed by atoms with Crippen LogP contribution in [0.1, 0.15) is 44.0 Å². The largest absolute Gasteiger partial charge is 0.360 e. The highest BCUT2D eigenvalue weighted by Crippen LogP contribution is 2.47. The third-order valence-corrected chi connectivity index (χ3v) is 5.10. The van der Waals surface area contributed by atoms with Crippen molar-refractivity contribution in [2.24, 2.45) is 0 Å². The van der Waals surface area contributed by atoms with Gasteiger partial charge in [-0.1, -0.05) is 48.5 Å². The average Bonchev–Trinajstić information content (AvgIpc) is 2.81. The molecule has 22 heavy (non-hydrogen) atoms. The molecule has 2 aromatic rings. The summed E-state index contributed by atoms with van der Waals surface area (Å²) in [7, 11) is 0. The molecule has 1 nitrogen and oxygen atoms in total. The molecule has 0 bridgehead atoms. The summed E-state index contributed by atoms with van der Waals surface area (Å²) in [5, 5.41) is 0. The van der Waals surface area contributed by atoms with Crippen LogP contribution in [0.5, 0.6) is 0 Å². The van der Waals surface area contributed by atoms with Crippen molar-refractivity contribution in [1.29, 1.82) is 0 Å². The zero-order chi connectivity index (χ0) is 15.3. The van der Waals surface area contributed by atoms with E-state index in [0.717, 1.165) is 0 Å². The first-order valence-electron chi connectivity index (χ1n) is 7.99. The molecular weight excluding hydrogens is 266 g/mol. The molecule has 1 heteroatoms. The standard InChI is InChI=1S/C21H21N/c1-14-11-21-20-12-18(17-7-5-4-6-8-17)9-10-19(20)16(3)22(21)13-15(14)2/h4-13,16,21H,1-3H3/t16-,21?/m1/s1. The Balaban J connectivity index is 1.83. The van der Waals surface area contributed by atoms with Gasteiger partial charge in [0.05, 0.1) is 12.1 Å². The quantitative estimate of drug-likeness (QED) is 0.656. The summed E-state index contributed by atoms with van der Waals surface area (Å²) in [6.45, 7) is 6.72. The summed E-state index contributed by atoms with van der Waals surface area (Å²) >= 11 is 0. The predicted molar refractivity (Wildman–Crippen MR) is 92.4 cm³/mol. The van der Waals surface area contributed by atoms with Gasteiger partial charge in [0.15, 0.2) is 0 Å². The van der Waals surface area contributed by atoms with E-state index in [1.807, 2.05) is 0 Å². The molecule has 0 saturated heterocycles. The van der Waals surface area contributed by atoms with E-state index < -0.39 is 0 Å². The van der Waals surface area contributed by atoms with E-state index in [1.54, 1.807) is 0 Å². The number of hydrogen-bond donors (Lipinski definition) is 0. The SMILES string of the molecule is CC1=CC2c3cc(-c4ccccc4)ccc3[C@@H](C)N2C=C1C. The minimum absolute atomic E-state index is 0.386. The molecule has 0 amide bonds. The van der Waals surface area contributed by atoms with Gasteiger partial charge in [-0.15, -0.1) is 0 Å². The van der Waals surface area contributed by atoms with Gasteiger partial charge in [0.2, 0.25) is 0 Å². The van der Waals surface area contributed by atoms with E-state index in [2.05, 4.69) is 86.5 Å². The first kappa shape index (κ1) is 13.4. The summed E-state index contributed by atoms with van der Waals surface area (Å²) in [4.78, 5) is 2.49. The molecule has 0 spiro atoms. The zero-order valence-corrected chi connectivity index (χ0v) is 13.4. The average molecular weight is 287 g/mol. The minimum Gasteiger partial charge on any atom is -0.360 e. The second kappa shape index (κ2) is 4.88. The number of hydrogen-bond acceptors (Lipinski definition) is 1. The molecule has 2 aromatic carbocycles. The lowest BCUT2D eigenvalue weighted by molar-refractivity contribution is 0.283. The first-order chi connectivity index (χ1) is 10.6. The van der Waals surface area contributed by atoms with Gasteiger partial charge in [-0.2, -0.15) is 0 Å². The molecule has 2 atom stereocenters. The predicted octanol–water partition coefficient (Wildman–Crippen LogP) is 5.64. The topological polar surface area (TPSA) is 3.24 Å². The zero-order valence-electron chi connectivity index (χ0n) is 13.4. The van der Waals surface area contributed by atoms with E-state index in [4.69, 9.17) is 0 Å². The lowest BCUT2D eigenvalue weighted by atomic mass is 9.94. The normalized spacial score (nSPS) is 22.8. The Morgan fingerprint density at radius 3 is 2.36 bits per heavy atom. The van der Waals surface area contributed by atoms with Gasteiger partial charge < -0.3 is 4.90 Å². The fourth-order valence-corrected chi connectivity index (χ4v) is 3.65. The lowest BCUT2D eigenvalue weighted by Crippen LogP contribution is -2.21. The van der Waals surface area contributed by atoms with Crippen molar-refractivity contribution in [1.82, 2.24) is 4.90 Å². The van der Waals surface area contributed by atoms with Crippen molar-refractivity contribution < 1.29 is 0 Å². The molecular formula is C21H21N. The summed E-state index contributed by atoms with van der Waals surface area (Å²) in [5.74, 6) is 0. The molecule has 0 aromatic heterocycles. The van der Waals surface area contributed by atoms with Crippen LogP contribution < -0.4 is 0 Å². The number of benzene rings is 2. The van der Waals surface area contributed by atoms with Crippen molar-refractivity contribution in [2.45, 2.75) is 32.9 Å². The maximum Gasteiger partial charge on any atom is 0.0736 e. The maximum atomic E-state index is 2.49. The van der Waals surface area contributed by atoms with E-state index >= 15 is 0 Å². The van der Waals surface area contributed by atoms with Gasteiger partial charge in [-0.05, 0) is 60.2 Å². The second-order valence-electron chi connectivity index (χ2n) is 6.44. The Labute approximate surface area is 132 Å². The van der Waals surface area contributed by atoms with E-state index in [9.17, 15) is 0 Å². The van der Waals surface area contributed by atoms with Crippen LogP contribution in [0.15, 0.2) is 72.0 Å². The van der Waals surface area contributed by atoms with Gasteiger partial charge in [0, 0.05) is 6.20 Å². The molecule has 0 radical (unpaired) electrons. The molecule has 0 N–H and O–H groups in total. The monoisotopic (exact) mass is 287 g/mol. The van der Waals surface area contributed by atoms with Crippen LogP contribution >= 0.6 is 0 Å². The highest BCUT2D eigenvalue weighted by Gasteiger charge is 2.34. The smallest absolute Gasteiger partial charge is 0.0736 e. The molecule has 2 heterocycles. The van der Waals surface area contributed by atoms with Gasteiger partial charge in [-0.25, -0.2) is 0 Å². The van der Waals surface area contributed by atoms with Crippen molar-refractivity contribution >= 4 is 0 Å². The fraction of sp³-hybridized carbons (Fsp3) is 0.238. The van der Waals surface area contributed by atoms with Gasteiger partial charge in [-0.3, -0.25) is 0 Å². The Kier molecular flexibility index (Phi) is 2.97. The lowest BCUT2D eigenvalue weighted by Gasteiger charge is -2.30. The minimum atomic E-state index is 0.386. The summed E-state index contributed by atoms with van der Waals surface area (Å²) in [5.41, 5.74) is 8.28.